The van der Waals surface area contributed by atoms with E-state index in [1.54, 1.807) is 24.3 Å². The summed E-state index contributed by atoms with van der Waals surface area (Å²) in [5, 5.41) is 0. The van der Waals surface area contributed by atoms with Gasteiger partial charge in [0.1, 0.15) is 11.9 Å². The molecule has 8 heteroatoms. The molecule has 3 rings (SSSR count). The summed E-state index contributed by atoms with van der Waals surface area (Å²) >= 11 is 0. The van der Waals surface area contributed by atoms with E-state index in [0.29, 0.717) is 24.9 Å². The Morgan fingerprint density at radius 3 is 2.44 bits per heavy atom. The Balaban J connectivity index is 1.72. The molecule has 0 radical (unpaired) electrons. The number of hydrogen-bond donors (Lipinski definition) is 0. The number of aromatic nitrogens is 2. The second-order valence-corrected chi connectivity index (χ2v) is 8.52. The molecular weight excluding hydrogens is 366 g/mol. The number of hydrogen-bond acceptors (Lipinski definition) is 6. The van der Waals surface area contributed by atoms with Crippen LogP contribution in [0.2, 0.25) is 0 Å². The van der Waals surface area contributed by atoms with Crippen molar-refractivity contribution in [2.75, 3.05) is 19.7 Å². The number of benzene rings is 1. The van der Waals surface area contributed by atoms with Crippen LogP contribution in [0.1, 0.15) is 31.2 Å². The van der Waals surface area contributed by atoms with E-state index in [-0.39, 0.29) is 17.5 Å². The van der Waals surface area contributed by atoms with Crippen LogP contribution in [0.5, 0.6) is 11.8 Å². The maximum atomic E-state index is 13.0. The number of ether oxygens (including phenoxy) is 2. The van der Waals surface area contributed by atoms with Crippen LogP contribution < -0.4 is 9.47 Å². The van der Waals surface area contributed by atoms with Crippen LogP contribution in [-0.2, 0) is 10.0 Å². The van der Waals surface area contributed by atoms with E-state index in [1.807, 2.05) is 26.8 Å². The third-order valence-corrected chi connectivity index (χ3v) is 6.23. The normalized spacial score (nSPS) is 18.3. The van der Waals surface area contributed by atoms with Gasteiger partial charge in [-0.3, -0.25) is 0 Å². The minimum Gasteiger partial charge on any atom is -0.494 e. The van der Waals surface area contributed by atoms with Crippen molar-refractivity contribution in [2.45, 2.75) is 44.6 Å². The maximum Gasteiger partial charge on any atom is 0.317 e. The number of aryl methyl sites for hydroxylation is 2. The van der Waals surface area contributed by atoms with Gasteiger partial charge in [0.15, 0.2) is 0 Å². The Morgan fingerprint density at radius 1 is 1.15 bits per heavy atom. The van der Waals surface area contributed by atoms with Gasteiger partial charge >= 0.3 is 6.01 Å². The molecule has 0 spiro atoms. The van der Waals surface area contributed by atoms with Crippen LogP contribution in [-0.4, -0.2) is 48.5 Å². The minimum atomic E-state index is -3.58. The second-order valence-electron chi connectivity index (χ2n) is 6.58. The first kappa shape index (κ1) is 19.6. The second kappa shape index (κ2) is 8.22. The summed E-state index contributed by atoms with van der Waals surface area (Å²) in [5.41, 5.74) is 1.65. The molecule has 2 aromatic rings. The van der Waals surface area contributed by atoms with Crippen molar-refractivity contribution >= 4 is 10.0 Å². The average molecular weight is 391 g/mol. The van der Waals surface area contributed by atoms with E-state index in [2.05, 4.69) is 9.97 Å². The van der Waals surface area contributed by atoms with Gasteiger partial charge in [0, 0.05) is 17.9 Å². The molecule has 1 aromatic heterocycles. The molecule has 0 amide bonds. The van der Waals surface area contributed by atoms with Crippen molar-refractivity contribution < 1.29 is 17.9 Å². The molecular formula is C19H25N3O4S. The molecule has 0 saturated carbocycles. The van der Waals surface area contributed by atoms with Gasteiger partial charge in [0.05, 0.1) is 18.0 Å². The first-order valence-corrected chi connectivity index (χ1v) is 10.5. The maximum absolute atomic E-state index is 13.0. The predicted molar refractivity (Wildman–Crippen MR) is 102 cm³/mol. The third-order valence-electron chi connectivity index (χ3n) is 4.35. The van der Waals surface area contributed by atoms with Crippen molar-refractivity contribution in [3.63, 3.8) is 0 Å². The summed E-state index contributed by atoms with van der Waals surface area (Å²) < 4.78 is 38.7. The quantitative estimate of drug-likeness (QED) is 0.753. The number of piperidine rings is 1. The Bertz CT molecular complexity index is 864. The molecule has 27 heavy (non-hydrogen) atoms. The van der Waals surface area contributed by atoms with Crippen LogP contribution in [0.15, 0.2) is 35.2 Å². The van der Waals surface area contributed by atoms with Gasteiger partial charge in [-0.2, -0.15) is 4.31 Å². The highest BCUT2D eigenvalue weighted by Crippen LogP contribution is 2.24. The highest BCUT2D eigenvalue weighted by molar-refractivity contribution is 7.89. The largest absolute Gasteiger partial charge is 0.494 e. The number of sulfonamides is 1. The Labute approximate surface area is 160 Å². The van der Waals surface area contributed by atoms with Crippen LogP contribution in [0.3, 0.4) is 0 Å². The van der Waals surface area contributed by atoms with Crippen LogP contribution in [0.25, 0.3) is 0 Å². The molecule has 1 saturated heterocycles. The van der Waals surface area contributed by atoms with Gasteiger partial charge in [0.25, 0.3) is 0 Å². The summed E-state index contributed by atoms with van der Waals surface area (Å²) in [5.74, 6) is 0.656. The average Bonchev–Trinajstić information content (AvgIpc) is 2.62. The smallest absolute Gasteiger partial charge is 0.317 e. The highest BCUT2D eigenvalue weighted by atomic mass is 32.2. The Morgan fingerprint density at radius 2 is 1.81 bits per heavy atom. The lowest BCUT2D eigenvalue weighted by Gasteiger charge is -2.31. The standard InChI is InChI=1S/C19H25N3O4S/c1-4-25-16-7-9-18(10-8-16)27(23,24)22-11-5-6-17(13-22)26-19-20-14(2)12-15(3)21-19/h7-10,12,17H,4-6,11,13H2,1-3H3. The molecule has 1 fully saturated rings. The molecule has 0 N–H and O–H groups in total. The van der Waals surface area contributed by atoms with Crippen LogP contribution in [0, 0.1) is 13.8 Å². The number of rotatable bonds is 6. The van der Waals surface area contributed by atoms with Gasteiger partial charge in [0.2, 0.25) is 10.0 Å². The molecule has 1 aromatic carbocycles. The molecule has 146 valence electrons. The zero-order valence-corrected chi connectivity index (χ0v) is 16.7. The first-order chi connectivity index (χ1) is 12.9. The first-order valence-electron chi connectivity index (χ1n) is 9.10. The summed E-state index contributed by atoms with van der Waals surface area (Å²) in [4.78, 5) is 8.83. The van der Waals surface area contributed by atoms with E-state index in [9.17, 15) is 8.42 Å². The van der Waals surface area contributed by atoms with Crippen LogP contribution in [0.4, 0.5) is 0 Å². The lowest BCUT2D eigenvalue weighted by Crippen LogP contribution is -2.44. The van der Waals surface area contributed by atoms with Crippen molar-refractivity contribution in [3.8, 4) is 11.8 Å². The Hall–Kier alpha value is -2.19. The minimum absolute atomic E-state index is 0.259. The fraction of sp³-hybridized carbons (Fsp3) is 0.474. The van der Waals surface area contributed by atoms with Crippen molar-refractivity contribution in [1.29, 1.82) is 0 Å². The molecule has 1 aliphatic rings. The van der Waals surface area contributed by atoms with E-state index in [1.165, 1.54) is 4.31 Å². The van der Waals surface area contributed by atoms with E-state index >= 15 is 0 Å². The zero-order valence-electron chi connectivity index (χ0n) is 15.9. The number of nitrogens with zero attached hydrogens (tertiary/aromatic N) is 3. The summed E-state index contributed by atoms with van der Waals surface area (Å²) in [6, 6.07) is 8.69. The van der Waals surface area contributed by atoms with Crippen LogP contribution >= 0.6 is 0 Å². The van der Waals surface area contributed by atoms with Crippen molar-refractivity contribution in [3.05, 3.63) is 41.7 Å². The molecule has 0 aliphatic carbocycles. The topological polar surface area (TPSA) is 81.6 Å². The van der Waals surface area contributed by atoms with Crippen molar-refractivity contribution in [2.24, 2.45) is 0 Å². The third kappa shape index (κ3) is 4.75. The highest BCUT2D eigenvalue weighted by Gasteiger charge is 2.31. The lowest BCUT2D eigenvalue weighted by molar-refractivity contribution is 0.119. The van der Waals surface area contributed by atoms with Gasteiger partial charge in [-0.1, -0.05) is 0 Å². The predicted octanol–water partition coefficient (Wildman–Crippen LogP) is 2.72. The molecule has 2 heterocycles. The Kier molecular flexibility index (Phi) is 5.96. The summed E-state index contributed by atoms with van der Waals surface area (Å²) in [6.45, 7) is 6.95. The fourth-order valence-corrected chi connectivity index (χ4v) is 4.65. The van der Waals surface area contributed by atoms with E-state index in [4.69, 9.17) is 9.47 Å². The fourth-order valence-electron chi connectivity index (χ4n) is 3.14. The molecule has 1 aliphatic heterocycles. The van der Waals surface area contributed by atoms with Gasteiger partial charge in [-0.15, -0.1) is 0 Å². The van der Waals surface area contributed by atoms with E-state index in [0.717, 1.165) is 24.2 Å². The van der Waals surface area contributed by atoms with Gasteiger partial charge in [-0.05, 0) is 63.9 Å². The van der Waals surface area contributed by atoms with Crippen molar-refractivity contribution in [1.82, 2.24) is 14.3 Å². The molecule has 1 unspecified atom stereocenters. The monoisotopic (exact) mass is 391 g/mol. The van der Waals surface area contributed by atoms with E-state index < -0.39 is 10.0 Å². The zero-order chi connectivity index (χ0) is 19.4. The molecule has 7 nitrogen and oxygen atoms in total. The van der Waals surface area contributed by atoms with Gasteiger partial charge in [-0.25, -0.2) is 18.4 Å². The SMILES string of the molecule is CCOc1ccc(S(=O)(=O)N2CCCC(Oc3nc(C)cc(C)n3)C2)cc1. The summed E-state index contributed by atoms with van der Waals surface area (Å²) in [7, 11) is -3.58. The molecule has 0 bridgehead atoms. The summed E-state index contributed by atoms with van der Waals surface area (Å²) in [6.07, 6.45) is 1.23. The molecule has 1 atom stereocenters. The lowest BCUT2D eigenvalue weighted by atomic mass is 10.1. The van der Waals surface area contributed by atoms with Gasteiger partial charge < -0.3 is 9.47 Å².